The molecule has 1 saturated heterocycles. The molecule has 1 aromatic carbocycles. The van der Waals surface area contributed by atoms with Gasteiger partial charge in [0.2, 0.25) is 0 Å². The smallest absolute Gasteiger partial charge is 0.178 e. The summed E-state index contributed by atoms with van der Waals surface area (Å²) in [5.74, 6) is 0.0330. The zero-order valence-corrected chi connectivity index (χ0v) is 9.70. The van der Waals surface area contributed by atoms with Crippen molar-refractivity contribution in [2.24, 2.45) is 5.73 Å². The van der Waals surface area contributed by atoms with Gasteiger partial charge in [-0.25, -0.2) is 0 Å². The minimum atomic E-state index is 0.0330. The number of hydrogen-bond acceptors (Lipinski definition) is 3. The standard InChI is InChI=1S/C13H18N2O/c1-10-4-5-12(15-6-2-3-7-15)11(8-10)13(16)9-14/h4-5,8H,2-3,6-7,9,14H2,1H3. The van der Waals surface area contributed by atoms with Crippen LogP contribution >= 0.6 is 0 Å². The zero-order chi connectivity index (χ0) is 11.5. The van der Waals surface area contributed by atoms with Gasteiger partial charge in [0.05, 0.1) is 6.54 Å². The molecule has 0 unspecified atom stereocenters. The normalized spacial score (nSPS) is 15.5. The first-order chi connectivity index (χ1) is 7.72. The van der Waals surface area contributed by atoms with Crippen LogP contribution < -0.4 is 10.6 Å². The molecule has 0 bridgehead atoms. The number of ketones is 1. The Morgan fingerprint density at radius 3 is 2.69 bits per heavy atom. The van der Waals surface area contributed by atoms with Gasteiger partial charge in [-0.2, -0.15) is 0 Å². The van der Waals surface area contributed by atoms with Gasteiger partial charge in [0.25, 0.3) is 0 Å². The number of carbonyl (C=O) groups excluding carboxylic acids is 1. The van der Waals surface area contributed by atoms with Gasteiger partial charge in [-0.3, -0.25) is 4.79 Å². The average Bonchev–Trinajstić information content (AvgIpc) is 2.81. The third-order valence-electron chi connectivity index (χ3n) is 3.08. The molecule has 1 heterocycles. The largest absolute Gasteiger partial charge is 0.371 e. The first-order valence-corrected chi connectivity index (χ1v) is 5.81. The van der Waals surface area contributed by atoms with Crippen molar-refractivity contribution in [3.05, 3.63) is 29.3 Å². The van der Waals surface area contributed by atoms with E-state index < -0.39 is 0 Å². The molecule has 3 heteroatoms. The van der Waals surface area contributed by atoms with Crippen molar-refractivity contribution in [3.8, 4) is 0 Å². The Kier molecular flexibility index (Phi) is 3.25. The van der Waals surface area contributed by atoms with Crippen LogP contribution in [0.3, 0.4) is 0 Å². The maximum Gasteiger partial charge on any atom is 0.178 e. The van der Waals surface area contributed by atoms with E-state index in [9.17, 15) is 4.79 Å². The highest BCUT2D eigenvalue weighted by Gasteiger charge is 2.18. The van der Waals surface area contributed by atoms with Crippen LogP contribution in [0.15, 0.2) is 18.2 Å². The number of benzene rings is 1. The molecule has 0 aliphatic carbocycles. The zero-order valence-electron chi connectivity index (χ0n) is 9.70. The number of rotatable bonds is 3. The molecule has 0 amide bonds. The monoisotopic (exact) mass is 218 g/mol. The van der Waals surface area contributed by atoms with Crippen molar-refractivity contribution in [3.63, 3.8) is 0 Å². The molecule has 2 N–H and O–H groups in total. The Labute approximate surface area is 96.2 Å². The number of hydrogen-bond donors (Lipinski definition) is 1. The van der Waals surface area contributed by atoms with Gasteiger partial charge in [0, 0.05) is 24.3 Å². The summed E-state index contributed by atoms with van der Waals surface area (Å²) in [6, 6.07) is 6.05. The van der Waals surface area contributed by atoms with Gasteiger partial charge in [0.15, 0.2) is 5.78 Å². The van der Waals surface area contributed by atoms with Crippen molar-refractivity contribution in [1.82, 2.24) is 0 Å². The van der Waals surface area contributed by atoms with E-state index in [1.165, 1.54) is 12.8 Å². The summed E-state index contributed by atoms with van der Waals surface area (Å²) in [5, 5.41) is 0. The van der Waals surface area contributed by atoms with E-state index in [1.807, 2.05) is 19.1 Å². The van der Waals surface area contributed by atoms with Crippen molar-refractivity contribution >= 4 is 11.5 Å². The topological polar surface area (TPSA) is 46.3 Å². The molecule has 0 saturated carbocycles. The number of anilines is 1. The summed E-state index contributed by atoms with van der Waals surface area (Å²) in [6.45, 7) is 4.19. The second kappa shape index (κ2) is 4.66. The maximum absolute atomic E-state index is 11.8. The van der Waals surface area contributed by atoms with Crippen LogP contribution in [0.5, 0.6) is 0 Å². The van der Waals surface area contributed by atoms with E-state index in [4.69, 9.17) is 5.73 Å². The minimum Gasteiger partial charge on any atom is -0.371 e. The van der Waals surface area contributed by atoms with E-state index in [0.717, 1.165) is 29.9 Å². The van der Waals surface area contributed by atoms with Gasteiger partial charge in [0.1, 0.15) is 0 Å². The van der Waals surface area contributed by atoms with Crippen LogP contribution in [0.2, 0.25) is 0 Å². The van der Waals surface area contributed by atoms with Gasteiger partial charge in [-0.05, 0) is 31.9 Å². The molecule has 0 aromatic heterocycles. The highest BCUT2D eigenvalue weighted by atomic mass is 16.1. The Balaban J connectivity index is 2.38. The summed E-state index contributed by atoms with van der Waals surface area (Å²) in [5.41, 5.74) is 8.40. The summed E-state index contributed by atoms with van der Waals surface area (Å²) in [6.07, 6.45) is 2.42. The van der Waals surface area contributed by atoms with Gasteiger partial charge < -0.3 is 10.6 Å². The van der Waals surface area contributed by atoms with Crippen LogP contribution in [0.4, 0.5) is 5.69 Å². The molecular weight excluding hydrogens is 200 g/mol. The number of nitrogens with two attached hydrogens (primary N) is 1. The van der Waals surface area contributed by atoms with E-state index in [0.29, 0.717) is 0 Å². The van der Waals surface area contributed by atoms with E-state index >= 15 is 0 Å². The number of nitrogens with zero attached hydrogens (tertiary/aromatic N) is 1. The summed E-state index contributed by atoms with van der Waals surface area (Å²) in [4.78, 5) is 14.1. The highest BCUT2D eigenvalue weighted by molar-refractivity contribution is 6.02. The third kappa shape index (κ3) is 2.09. The lowest BCUT2D eigenvalue weighted by molar-refractivity contribution is 0.100. The molecule has 1 aliphatic rings. The lowest BCUT2D eigenvalue weighted by Crippen LogP contribution is -2.23. The molecule has 86 valence electrons. The molecule has 1 aromatic rings. The molecule has 16 heavy (non-hydrogen) atoms. The lowest BCUT2D eigenvalue weighted by atomic mass is 10.0. The fraction of sp³-hybridized carbons (Fsp3) is 0.462. The van der Waals surface area contributed by atoms with Crippen molar-refractivity contribution in [1.29, 1.82) is 0 Å². The predicted molar refractivity (Wildman–Crippen MR) is 66.0 cm³/mol. The van der Waals surface area contributed by atoms with E-state index in [2.05, 4.69) is 11.0 Å². The molecule has 0 atom stereocenters. The Bertz CT molecular complexity index is 395. The van der Waals surface area contributed by atoms with Crippen LogP contribution in [-0.4, -0.2) is 25.4 Å². The van der Waals surface area contributed by atoms with Gasteiger partial charge in [-0.15, -0.1) is 0 Å². The van der Waals surface area contributed by atoms with Crippen molar-refractivity contribution in [2.75, 3.05) is 24.5 Å². The summed E-state index contributed by atoms with van der Waals surface area (Å²) in [7, 11) is 0. The van der Waals surface area contributed by atoms with E-state index in [1.54, 1.807) is 0 Å². The number of Topliss-reactive ketones (excluding diaryl/α,β-unsaturated/α-hetero) is 1. The van der Waals surface area contributed by atoms with E-state index in [-0.39, 0.29) is 12.3 Å². The first-order valence-electron chi connectivity index (χ1n) is 5.81. The Morgan fingerprint density at radius 2 is 2.06 bits per heavy atom. The fourth-order valence-corrected chi connectivity index (χ4v) is 2.22. The van der Waals surface area contributed by atoms with Crippen LogP contribution in [0.1, 0.15) is 28.8 Å². The van der Waals surface area contributed by atoms with Gasteiger partial charge in [-0.1, -0.05) is 11.6 Å². The fourth-order valence-electron chi connectivity index (χ4n) is 2.22. The Morgan fingerprint density at radius 1 is 1.38 bits per heavy atom. The average molecular weight is 218 g/mol. The van der Waals surface area contributed by atoms with Gasteiger partial charge >= 0.3 is 0 Å². The molecule has 0 spiro atoms. The number of aryl methyl sites for hydroxylation is 1. The molecule has 1 fully saturated rings. The molecule has 3 nitrogen and oxygen atoms in total. The Hall–Kier alpha value is -1.35. The molecular formula is C13H18N2O. The molecule has 0 radical (unpaired) electrons. The highest BCUT2D eigenvalue weighted by Crippen LogP contribution is 2.25. The van der Waals surface area contributed by atoms with Crippen LogP contribution in [-0.2, 0) is 0 Å². The SMILES string of the molecule is Cc1ccc(N2CCCC2)c(C(=O)CN)c1. The molecule has 1 aliphatic heterocycles. The first kappa shape index (κ1) is 11.1. The quantitative estimate of drug-likeness (QED) is 0.786. The van der Waals surface area contributed by atoms with Crippen molar-refractivity contribution in [2.45, 2.75) is 19.8 Å². The third-order valence-corrected chi connectivity index (χ3v) is 3.08. The predicted octanol–water partition coefficient (Wildman–Crippen LogP) is 1.74. The summed E-state index contributed by atoms with van der Waals surface area (Å²) < 4.78 is 0. The number of carbonyl (C=O) groups is 1. The molecule has 2 rings (SSSR count). The minimum absolute atomic E-state index is 0.0330. The van der Waals surface area contributed by atoms with Crippen LogP contribution in [0.25, 0.3) is 0 Å². The summed E-state index contributed by atoms with van der Waals surface area (Å²) >= 11 is 0. The second-order valence-corrected chi connectivity index (χ2v) is 4.34. The maximum atomic E-state index is 11.8. The van der Waals surface area contributed by atoms with Crippen LogP contribution in [0, 0.1) is 6.92 Å². The lowest BCUT2D eigenvalue weighted by Gasteiger charge is -2.21. The van der Waals surface area contributed by atoms with Crippen molar-refractivity contribution < 1.29 is 4.79 Å². The second-order valence-electron chi connectivity index (χ2n) is 4.34.